The molecule has 0 spiro atoms. The normalized spacial score (nSPS) is 15.7. The first-order valence-corrected chi connectivity index (χ1v) is 13.1. The molecule has 1 aliphatic heterocycles. The number of ether oxygens (including phenoxy) is 1. The maximum atomic E-state index is 13.5. The molecule has 2 aromatic heterocycles. The minimum Gasteiger partial charge on any atom is -0.497 e. The highest BCUT2D eigenvalue weighted by atomic mass is 19.1. The van der Waals surface area contributed by atoms with Gasteiger partial charge in [-0.1, -0.05) is 26.0 Å². The van der Waals surface area contributed by atoms with Crippen LogP contribution in [0.4, 0.5) is 4.39 Å². The third kappa shape index (κ3) is 5.48. The molecule has 0 N–H and O–H groups in total. The summed E-state index contributed by atoms with van der Waals surface area (Å²) >= 11 is 0. The van der Waals surface area contributed by atoms with Crippen molar-refractivity contribution in [3.63, 3.8) is 0 Å². The number of rotatable bonds is 6. The molecule has 0 bridgehead atoms. The Balaban J connectivity index is 1.32. The van der Waals surface area contributed by atoms with Crippen LogP contribution in [0.3, 0.4) is 0 Å². The van der Waals surface area contributed by atoms with Gasteiger partial charge in [0.2, 0.25) is 5.91 Å². The van der Waals surface area contributed by atoms with Crippen LogP contribution in [0.1, 0.15) is 48.3 Å². The number of methoxy groups -OCH3 is 1. The molecule has 0 radical (unpaired) electrons. The van der Waals surface area contributed by atoms with Gasteiger partial charge in [0.1, 0.15) is 17.3 Å². The van der Waals surface area contributed by atoms with Crippen LogP contribution in [-0.2, 0) is 11.2 Å². The van der Waals surface area contributed by atoms with Gasteiger partial charge in [0, 0.05) is 36.8 Å². The van der Waals surface area contributed by atoms with Gasteiger partial charge >= 0.3 is 0 Å². The number of carbonyl (C=O) groups is 2. The Bertz CT molecular complexity index is 1500. The summed E-state index contributed by atoms with van der Waals surface area (Å²) in [5, 5.41) is 4.67. The molecule has 202 valence electrons. The standard InChI is InChI=1S/C30H32FN5O3/c1-19(2)25-16-26(22-7-9-23(31)10-8-22)33-36-18-27(32-29(25)36)30(38)34-13-14-35(20(3)17-34)28(37)15-21-5-11-24(39-4)12-6-21/h5-12,16,18-20H,13-15,17H2,1-4H3/t20-/m0/s1. The molecule has 2 aromatic carbocycles. The van der Waals surface area contributed by atoms with E-state index in [1.165, 1.54) is 12.1 Å². The molecule has 1 fully saturated rings. The lowest BCUT2D eigenvalue weighted by molar-refractivity contribution is -0.134. The highest BCUT2D eigenvalue weighted by Gasteiger charge is 2.31. The predicted octanol–water partition coefficient (Wildman–Crippen LogP) is 4.58. The summed E-state index contributed by atoms with van der Waals surface area (Å²) in [4.78, 5) is 34.7. The van der Waals surface area contributed by atoms with Crippen LogP contribution in [0, 0.1) is 5.82 Å². The SMILES string of the molecule is COc1ccc(CC(=O)N2CCN(C(=O)c3cn4nc(-c5ccc(F)cc5)cc(C(C)C)c4n3)C[C@@H]2C)cc1. The van der Waals surface area contributed by atoms with E-state index in [0.717, 1.165) is 22.4 Å². The Kier molecular flexibility index (Phi) is 7.32. The number of imidazole rings is 1. The van der Waals surface area contributed by atoms with Crippen LogP contribution in [0.5, 0.6) is 5.75 Å². The molecule has 9 heteroatoms. The Morgan fingerprint density at radius 1 is 1.08 bits per heavy atom. The smallest absolute Gasteiger partial charge is 0.274 e. The second-order valence-corrected chi connectivity index (χ2v) is 10.3. The Hall–Kier alpha value is -4.27. The molecule has 3 heterocycles. The molecular weight excluding hydrogens is 497 g/mol. The first-order chi connectivity index (χ1) is 18.7. The fourth-order valence-electron chi connectivity index (χ4n) is 4.98. The minimum atomic E-state index is -0.309. The van der Waals surface area contributed by atoms with Gasteiger partial charge in [-0.05, 0) is 60.9 Å². The summed E-state index contributed by atoms with van der Waals surface area (Å²) < 4.78 is 20.3. The highest BCUT2D eigenvalue weighted by Crippen LogP contribution is 2.26. The Labute approximate surface area is 227 Å². The van der Waals surface area contributed by atoms with Crippen LogP contribution < -0.4 is 4.74 Å². The molecule has 1 atom stereocenters. The monoisotopic (exact) mass is 529 g/mol. The van der Waals surface area contributed by atoms with Crippen LogP contribution in [-0.4, -0.2) is 69.0 Å². The largest absolute Gasteiger partial charge is 0.497 e. The first kappa shape index (κ1) is 26.3. The molecule has 5 rings (SSSR count). The van der Waals surface area contributed by atoms with Gasteiger partial charge in [0.15, 0.2) is 5.65 Å². The summed E-state index contributed by atoms with van der Waals surface area (Å²) in [5.41, 5.74) is 4.27. The molecule has 1 aliphatic rings. The zero-order valence-electron chi connectivity index (χ0n) is 22.6. The molecule has 2 amide bonds. The topological polar surface area (TPSA) is 80.0 Å². The first-order valence-electron chi connectivity index (χ1n) is 13.1. The number of carbonyl (C=O) groups excluding carboxylic acids is 2. The Morgan fingerprint density at radius 2 is 1.79 bits per heavy atom. The van der Waals surface area contributed by atoms with Crippen molar-refractivity contribution >= 4 is 17.5 Å². The van der Waals surface area contributed by atoms with Crippen LogP contribution in [0.2, 0.25) is 0 Å². The van der Waals surface area contributed by atoms with E-state index in [1.807, 2.05) is 42.2 Å². The van der Waals surface area contributed by atoms with Crippen molar-refractivity contribution in [1.29, 1.82) is 0 Å². The number of hydrogen-bond acceptors (Lipinski definition) is 5. The van der Waals surface area contributed by atoms with Crippen molar-refractivity contribution in [3.05, 3.63) is 83.4 Å². The third-order valence-corrected chi connectivity index (χ3v) is 7.18. The zero-order valence-corrected chi connectivity index (χ0v) is 22.6. The van der Waals surface area contributed by atoms with E-state index in [1.54, 1.807) is 34.9 Å². The lowest BCUT2D eigenvalue weighted by Crippen LogP contribution is -2.55. The van der Waals surface area contributed by atoms with Crippen molar-refractivity contribution in [2.75, 3.05) is 26.7 Å². The number of piperazine rings is 1. The van der Waals surface area contributed by atoms with Gasteiger partial charge in [0.05, 0.1) is 25.4 Å². The van der Waals surface area contributed by atoms with E-state index in [2.05, 4.69) is 23.9 Å². The average Bonchev–Trinajstić information content (AvgIpc) is 3.37. The number of hydrogen-bond donors (Lipinski definition) is 0. The average molecular weight is 530 g/mol. The fraction of sp³-hybridized carbons (Fsp3) is 0.333. The molecule has 8 nitrogen and oxygen atoms in total. The molecule has 39 heavy (non-hydrogen) atoms. The van der Waals surface area contributed by atoms with E-state index in [4.69, 9.17) is 4.74 Å². The minimum absolute atomic E-state index is 0.0339. The van der Waals surface area contributed by atoms with Crippen LogP contribution in [0.25, 0.3) is 16.9 Å². The van der Waals surface area contributed by atoms with E-state index in [0.29, 0.717) is 43.1 Å². The summed E-state index contributed by atoms with van der Waals surface area (Å²) in [6.07, 6.45) is 1.96. The summed E-state index contributed by atoms with van der Waals surface area (Å²) in [6.45, 7) is 7.39. The van der Waals surface area contributed by atoms with E-state index in [-0.39, 0.29) is 29.6 Å². The van der Waals surface area contributed by atoms with E-state index < -0.39 is 0 Å². The molecule has 1 saturated heterocycles. The maximum Gasteiger partial charge on any atom is 0.274 e. The van der Waals surface area contributed by atoms with Crippen molar-refractivity contribution in [1.82, 2.24) is 24.4 Å². The van der Waals surface area contributed by atoms with Gasteiger partial charge in [-0.2, -0.15) is 5.10 Å². The number of aromatic nitrogens is 3. The van der Waals surface area contributed by atoms with E-state index in [9.17, 15) is 14.0 Å². The van der Waals surface area contributed by atoms with Crippen molar-refractivity contribution < 1.29 is 18.7 Å². The summed E-state index contributed by atoms with van der Waals surface area (Å²) in [5.74, 6) is 0.428. The molecule has 4 aromatic rings. The second-order valence-electron chi connectivity index (χ2n) is 10.3. The van der Waals surface area contributed by atoms with Gasteiger partial charge in [-0.3, -0.25) is 9.59 Å². The summed E-state index contributed by atoms with van der Waals surface area (Å²) in [6, 6.07) is 15.5. The van der Waals surface area contributed by atoms with Crippen LogP contribution >= 0.6 is 0 Å². The van der Waals surface area contributed by atoms with Crippen molar-refractivity contribution in [2.45, 2.75) is 39.2 Å². The van der Waals surface area contributed by atoms with Gasteiger partial charge in [-0.15, -0.1) is 0 Å². The predicted molar refractivity (Wildman–Crippen MR) is 146 cm³/mol. The van der Waals surface area contributed by atoms with E-state index >= 15 is 0 Å². The number of amides is 2. The quantitative estimate of drug-likeness (QED) is 0.365. The van der Waals surface area contributed by atoms with Crippen LogP contribution in [0.15, 0.2) is 60.8 Å². The zero-order chi connectivity index (χ0) is 27.7. The number of fused-ring (bicyclic) bond motifs is 1. The number of halogens is 1. The van der Waals surface area contributed by atoms with Gasteiger partial charge in [0.25, 0.3) is 5.91 Å². The third-order valence-electron chi connectivity index (χ3n) is 7.18. The van der Waals surface area contributed by atoms with Crippen molar-refractivity contribution in [3.8, 4) is 17.0 Å². The molecule has 0 unspecified atom stereocenters. The number of benzene rings is 2. The summed E-state index contributed by atoms with van der Waals surface area (Å²) in [7, 11) is 1.61. The number of nitrogens with zero attached hydrogens (tertiary/aromatic N) is 5. The molecule has 0 saturated carbocycles. The highest BCUT2D eigenvalue weighted by molar-refractivity contribution is 5.93. The second kappa shape index (κ2) is 10.8. The Morgan fingerprint density at radius 3 is 2.44 bits per heavy atom. The lowest BCUT2D eigenvalue weighted by Gasteiger charge is -2.39. The fourth-order valence-corrected chi connectivity index (χ4v) is 4.98. The molecule has 0 aliphatic carbocycles. The maximum absolute atomic E-state index is 13.5. The molecular formula is C30H32FN5O3. The van der Waals surface area contributed by atoms with Crippen molar-refractivity contribution in [2.24, 2.45) is 0 Å². The van der Waals surface area contributed by atoms with Gasteiger partial charge in [-0.25, -0.2) is 13.9 Å². The lowest BCUT2D eigenvalue weighted by atomic mass is 10.0. The van der Waals surface area contributed by atoms with Gasteiger partial charge < -0.3 is 14.5 Å².